The van der Waals surface area contributed by atoms with Gasteiger partial charge in [0.15, 0.2) is 11.6 Å². The largest absolute Gasteiger partial charge is 0.324 e. The number of benzene rings is 1. The first kappa shape index (κ1) is 15.7. The molecule has 0 radical (unpaired) electrons. The first-order valence-corrected chi connectivity index (χ1v) is 7.33. The SMILES string of the molecule is Cc1cc(C)n(-c2ccc(NC(=O)Nc3ccn(C)n3)cc2F)n1. The highest BCUT2D eigenvalue weighted by molar-refractivity contribution is 5.99. The number of rotatable bonds is 3. The molecular formula is C16H17FN6O. The van der Waals surface area contributed by atoms with Crippen LogP contribution in [-0.4, -0.2) is 25.6 Å². The van der Waals surface area contributed by atoms with Crippen LogP contribution >= 0.6 is 0 Å². The van der Waals surface area contributed by atoms with Gasteiger partial charge < -0.3 is 5.32 Å². The van der Waals surface area contributed by atoms with Crippen molar-refractivity contribution in [2.45, 2.75) is 13.8 Å². The third-order valence-corrected chi connectivity index (χ3v) is 3.40. The summed E-state index contributed by atoms with van der Waals surface area (Å²) in [5.74, 6) is -0.0634. The van der Waals surface area contributed by atoms with Gasteiger partial charge >= 0.3 is 6.03 Å². The minimum atomic E-state index is -0.494. The van der Waals surface area contributed by atoms with Crippen LogP contribution in [0.3, 0.4) is 0 Å². The van der Waals surface area contributed by atoms with Gasteiger partial charge in [-0.2, -0.15) is 10.2 Å². The lowest BCUT2D eigenvalue weighted by Crippen LogP contribution is -2.20. The number of hydrogen-bond acceptors (Lipinski definition) is 3. The quantitative estimate of drug-likeness (QED) is 0.776. The number of hydrogen-bond donors (Lipinski definition) is 2. The molecule has 0 aliphatic carbocycles. The molecule has 7 nitrogen and oxygen atoms in total. The highest BCUT2D eigenvalue weighted by Crippen LogP contribution is 2.20. The Morgan fingerprint density at radius 2 is 1.92 bits per heavy atom. The van der Waals surface area contributed by atoms with Crippen molar-refractivity contribution in [3.63, 3.8) is 0 Å². The molecular weight excluding hydrogens is 311 g/mol. The Morgan fingerprint density at radius 3 is 2.50 bits per heavy atom. The molecule has 0 atom stereocenters. The summed E-state index contributed by atoms with van der Waals surface area (Å²) < 4.78 is 17.5. The van der Waals surface area contributed by atoms with Crippen molar-refractivity contribution < 1.29 is 9.18 Å². The van der Waals surface area contributed by atoms with Gasteiger partial charge in [0.05, 0.1) is 5.69 Å². The van der Waals surface area contributed by atoms with Gasteiger partial charge in [-0.25, -0.2) is 13.9 Å². The number of amides is 2. The summed E-state index contributed by atoms with van der Waals surface area (Å²) >= 11 is 0. The average Bonchev–Trinajstić information content (AvgIpc) is 3.04. The van der Waals surface area contributed by atoms with E-state index in [2.05, 4.69) is 20.8 Å². The fourth-order valence-electron chi connectivity index (χ4n) is 2.39. The molecule has 0 aliphatic rings. The molecule has 2 heterocycles. The lowest BCUT2D eigenvalue weighted by atomic mass is 10.2. The number of carbonyl (C=O) groups is 1. The monoisotopic (exact) mass is 328 g/mol. The summed E-state index contributed by atoms with van der Waals surface area (Å²) in [7, 11) is 1.75. The normalized spacial score (nSPS) is 10.7. The molecule has 2 aromatic heterocycles. The predicted octanol–water partition coefficient (Wildman–Crippen LogP) is 3.01. The Morgan fingerprint density at radius 1 is 1.12 bits per heavy atom. The van der Waals surface area contributed by atoms with E-state index in [1.165, 1.54) is 10.7 Å². The lowest BCUT2D eigenvalue weighted by Gasteiger charge is -2.09. The Bertz CT molecular complexity index is 898. The summed E-state index contributed by atoms with van der Waals surface area (Å²) in [6.07, 6.45) is 1.71. The number of aromatic nitrogens is 4. The fraction of sp³-hybridized carbons (Fsp3) is 0.188. The standard InChI is InChI=1S/C16H17FN6O/c1-10-8-11(2)23(20-10)14-5-4-12(9-13(14)17)18-16(24)19-15-6-7-22(3)21-15/h4-9H,1-3H3,(H2,18,19,21,24). The highest BCUT2D eigenvalue weighted by atomic mass is 19.1. The molecule has 3 rings (SSSR count). The first-order chi connectivity index (χ1) is 11.4. The molecule has 3 aromatic rings. The fourth-order valence-corrected chi connectivity index (χ4v) is 2.39. The number of aryl methyl sites for hydroxylation is 3. The molecule has 24 heavy (non-hydrogen) atoms. The molecule has 0 saturated carbocycles. The van der Waals surface area contributed by atoms with Gasteiger partial charge in [0.2, 0.25) is 0 Å². The number of urea groups is 1. The van der Waals surface area contributed by atoms with Gasteiger partial charge in [0, 0.05) is 30.7 Å². The van der Waals surface area contributed by atoms with Gasteiger partial charge in [-0.3, -0.25) is 10.00 Å². The molecule has 0 spiro atoms. The third-order valence-electron chi connectivity index (χ3n) is 3.40. The second-order valence-corrected chi connectivity index (χ2v) is 5.46. The van der Waals surface area contributed by atoms with Crippen molar-refractivity contribution in [1.82, 2.24) is 19.6 Å². The van der Waals surface area contributed by atoms with E-state index < -0.39 is 11.8 Å². The third kappa shape index (κ3) is 3.27. The smallest absolute Gasteiger partial charge is 0.308 e. The molecule has 0 fully saturated rings. The van der Waals surface area contributed by atoms with Gasteiger partial charge in [0.1, 0.15) is 5.69 Å². The van der Waals surface area contributed by atoms with Crippen molar-refractivity contribution in [2.75, 3.05) is 10.6 Å². The summed E-state index contributed by atoms with van der Waals surface area (Å²) in [5.41, 5.74) is 2.31. The van der Waals surface area contributed by atoms with Crippen molar-refractivity contribution in [2.24, 2.45) is 7.05 Å². The van der Waals surface area contributed by atoms with E-state index >= 15 is 0 Å². The Labute approximate surface area is 138 Å². The van der Waals surface area contributed by atoms with Crippen molar-refractivity contribution >= 4 is 17.5 Å². The molecule has 2 amide bonds. The number of anilines is 2. The second kappa shape index (κ2) is 6.15. The van der Waals surface area contributed by atoms with Crippen LogP contribution in [-0.2, 0) is 7.05 Å². The van der Waals surface area contributed by atoms with E-state index in [4.69, 9.17) is 0 Å². The van der Waals surface area contributed by atoms with Gasteiger partial charge in [-0.1, -0.05) is 0 Å². The highest BCUT2D eigenvalue weighted by Gasteiger charge is 2.11. The van der Waals surface area contributed by atoms with Crippen LogP contribution in [0.25, 0.3) is 5.69 Å². The summed E-state index contributed by atoms with van der Waals surface area (Å²) in [6.45, 7) is 3.70. The maximum absolute atomic E-state index is 14.4. The van der Waals surface area contributed by atoms with E-state index in [1.807, 2.05) is 19.9 Å². The molecule has 0 saturated heterocycles. The zero-order valence-corrected chi connectivity index (χ0v) is 13.5. The lowest BCUT2D eigenvalue weighted by molar-refractivity contribution is 0.262. The number of halogens is 1. The van der Waals surface area contributed by atoms with E-state index in [1.54, 1.807) is 36.1 Å². The summed E-state index contributed by atoms with van der Waals surface area (Å²) in [5, 5.41) is 13.4. The van der Waals surface area contributed by atoms with Crippen LogP contribution in [0.5, 0.6) is 0 Å². The maximum atomic E-state index is 14.4. The summed E-state index contributed by atoms with van der Waals surface area (Å²) in [4.78, 5) is 11.9. The Kier molecular flexibility index (Phi) is 4.03. The van der Waals surface area contributed by atoms with Gasteiger partial charge in [-0.15, -0.1) is 0 Å². The zero-order valence-electron chi connectivity index (χ0n) is 13.5. The van der Waals surface area contributed by atoms with Crippen LogP contribution in [0.2, 0.25) is 0 Å². The molecule has 0 unspecified atom stereocenters. The van der Waals surface area contributed by atoms with Crippen LogP contribution < -0.4 is 10.6 Å². The number of carbonyl (C=O) groups excluding carboxylic acids is 1. The zero-order chi connectivity index (χ0) is 17.3. The average molecular weight is 328 g/mol. The molecule has 1 aromatic carbocycles. The van der Waals surface area contributed by atoms with Gasteiger partial charge in [-0.05, 0) is 38.1 Å². The van der Waals surface area contributed by atoms with Crippen molar-refractivity contribution in [1.29, 1.82) is 0 Å². The van der Waals surface area contributed by atoms with Crippen molar-refractivity contribution in [3.8, 4) is 5.69 Å². The van der Waals surface area contributed by atoms with E-state index in [9.17, 15) is 9.18 Å². The Balaban J connectivity index is 1.75. The number of nitrogens with zero attached hydrogens (tertiary/aromatic N) is 4. The van der Waals surface area contributed by atoms with Gasteiger partial charge in [0.25, 0.3) is 0 Å². The minimum absolute atomic E-state index is 0.330. The van der Waals surface area contributed by atoms with E-state index in [0.29, 0.717) is 17.2 Å². The minimum Gasteiger partial charge on any atom is -0.308 e. The topological polar surface area (TPSA) is 76.8 Å². The molecule has 2 N–H and O–H groups in total. The van der Waals surface area contributed by atoms with Crippen molar-refractivity contribution in [3.05, 3.63) is 53.7 Å². The molecule has 124 valence electrons. The van der Waals surface area contributed by atoms with E-state index in [-0.39, 0.29) is 0 Å². The van der Waals surface area contributed by atoms with Crippen LogP contribution in [0.15, 0.2) is 36.5 Å². The molecule has 8 heteroatoms. The van der Waals surface area contributed by atoms with E-state index in [0.717, 1.165) is 11.4 Å². The Hall–Kier alpha value is -3.16. The first-order valence-electron chi connectivity index (χ1n) is 7.33. The second-order valence-electron chi connectivity index (χ2n) is 5.46. The molecule has 0 bridgehead atoms. The molecule has 0 aliphatic heterocycles. The van der Waals surface area contributed by atoms with Crippen LogP contribution in [0.4, 0.5) is 20.7 Å². The predicted molar refractivity (Wildman–Crippen MR) is 88.8 cm³/mol. The summed E-state index contributed by atoms with van der Waals surface area (Å²) in [6, 6.07) is 7.48. The maximum Gasteiger partial charge on any atom is 0.324 e. The van der Waals surface area contributed by atoms with Crippen LogP contribution in [0, 0.1) is 19.7 Å². The number of nitrogens with one attached hydrogen (secondary N) is 2. The van der Waals surface area contributed by atoms with Crippen LogP contribution in [0.1, 0.15) is 11.4 Å².